The molecule has 0 spiro atoms. The Morgan fingerprint density at radius 1 is 1.14 bits per heavy atom. The van der Waals surface area contributed by atoms with E-state index in [1.807, 2.05) is 31.3 Å². The summed E-state index contributed by atoms with van der Waals surface area (Å²) in [7, 11) is 2.15. The van der Waals surface area contributed by atoms with Gasteiger partial charge in [-0.3, -0.25) is 0 Å². The van der Waals surface area contributed by atoms with Gasteiger partial charge in [-0.25, -0.2) is 14.4 Å². The van der Waals surface area contributed by atoms with Crippen molar-refractivity contribution in [3.63, 3.8) is 0 Å². The molecule has 0 radical (unpaired) electrons. The third-order valence-corrected chi connectivity index (χ3v) is 5.05. The summed E-state index contributed by atoms with van der Waals surface area (Å²) >= 11 is 0. The minimum absolute atomic E-state index is 0.163. The summed E-state index contributed by atoms with van der Waals surface area (Å²) in [5, 5.41) is 6.54. The van der Waals surface area contributed by atoms with Crippen molar-refractivity contribution in [2.75, 3.05) is 51.2 Å². The van der Waals surface area contributed by atoms with Gasteiger partial charge < -0.3 is 20.4 Å². The van der Waals surface area contributed by atoms with Crippen molar-refractivity contribution < 1.29 is 4.39 Å². The van der Waals surface area contributed by atoms with Gasteiger partial charge >= 0.3 is 0 Å². The van der Waals surface area contributed by atoms with Crippen LogP contribution in [0.2, 0.25) is 0 Å². The zero-order chi connectivity index (χ0) is 20.5. The zero-order valence-corrected chi connectivity index (χ0v) is 17.4. The maximum atomic E-state index is 13.8. The van der Waals surface area contributed by atoms with E-state index >= 15 is 0 Å². The summed E-state index contributed by atoms with van der Waals surface area (Å²) < 4.78 is 13.8. The summed E-state index contributed by atoms with van der Waals surface area (Å²) in [6.07, 6.45) is 2.47. The number of hydrogen-bond acceptors (Lipinski definition) is 4. The van der Waals surface area contributed by atoms with Crippen molar-refractivity contribution in [2.45, 2.75) is 19.9 Å². The summed E-state index contributed by atoms with van der Waals surface area (Å²) in [4.78, 5) is 13.9. The van der Waals surface area contributed by atoms with Gasteiger partial charge in [0, 0.05) is 45.5 Å². The maximum absolute atomic E-state index is 13.8. The fourth-order valence-electron chi connectivity index (χ4n) is 3.30. The van der Waals surface area contributed by atoms with Gasteiger partial charge in [-0.05, 0) is 49.7 Å². The number of benzene rings is 1. The van der Waals surface area contributed by atoms with E-state index in [0.717, 1.165) is 50.1 Å². The molecule has 2 aromatic rings. The van der Waals surface area contributed by atoms with Gasteiger partial charge in [-0.1, -0.05) is 18.2 Å². The average molecular weight is 399 g/mol. The lowest BCUT2D eigenvalue weighted by Gasteiger charge is -2.33. The molecule has 156 valence electrons. The molecule has 0 bridgehead atoms. The second kappa shape index (κ2) is 10.8. The van der Waals surface area contributed by atoms with Gasteiger partial charge in [0.25, 0.3) is 0 Å². The van der Waals surface area contributed by atoms with E-state index in [4.69, 9.17) is 0 Å². The minimum atomic E-state index is -0.163. The number of anilines is 1. The number of aromatic nitrogens is 1. The lowest BCUT2D eigenvalue weighted by atomic mass is 10.1. The van der Waals surface area contributed by atoms with Crippen LogP contribution in [0.5, 0.6) is 0 Å². The van der Waals surface area contributed by atoms with Crippen molar-refractivity contribution in [2.24, 2.45) is 4.99 Å². The normalized spacial score (nSPS) is 15.4. The number of aliphatic imine (C=N–C) groups is 1. The predicted molar refractivity (Wildman–Crippen MR) is 117 cm³/mol. The molecule has 0 atom stereocenters. The van der Waals surface area contributed by atoms with Gasteiger partial charge in [0.1, 0.15) is 11.6 Å². The highest BCUT2D eigenvalue weighted by Gasteiger charge is 2.15. The molecule has 1 aliphatic rings. The molecule has 1 aliphatic heterocycles. The predicted octanol–water partition coefficient (Wildman–Crippen LogP) is 2.27. The Bertz CT molecular complexity index is 801. The highest BCUT2D eigenvalue weighted by Crippen LogP contribution is 2.15. The first-order valence-electron chi connectivity index (χ1n) is 10.3. The van der Waals surface area contributed by atoms with E-state index in [9.17, 15) is 4.39 Å². The second-order valence-electron chi connectivity index (χ2n) is 7.28. The monoisotopic (exact) mass is 398 g/mol. The van der Waals surface area contributed by atoms with Gasteiger partial charge in [-0.2, -0.15) is 0 Å². The average Bonchev–Trinajstić information content (AvgIpc) is 2.74. The number of nitrogens with one attached hydrogen (secondary N) is 2. The Kier molecular flexibility index (Phi) is 7.81. The number of rotatable bonds is 7. The molecule has 29 heavy (non-hydrogen) atoms. The van der Waals surface area contributed by atoms with Gasteiger partial charge in [-0.15, -0.1) is 0 Å². The third-order valence-electron chi connectivity index (χ3n) is 5.05. The summed E-state index contributed by atoms with van der Waals surface area (Å²) in [5.74, 6) is 1.59. The first-order chi connectivity index (χ1) is 14.2. The molecular formula is C22H31FN6. The van der Waals surface area contributed by atoms with E-state index < -0.39 is 0 Å². The molecular weight excluding hydrogens is 367 g/mol. The SMILES string of the molecule is CCNC(=NCc1ccnc(N2CCN(C)CC2)c1)NCCc1ccccc1F. The van der Waals surface area contributed by atoms with Gasteiger partial charge in [0.15, 0.2) is 5.96 Å². The Balaban J connectivity index is 1.56. The Morgan fingerprint density at radius 2 is 1.93 bits per heavy atom. The quantitative estimate of drug-likeness (QED) is 0.554. The van der Waals surface area contributed by atoms with E-state index in [-0.39, 0.29) is 5.82 Å². The maximum Gasteiger partial charge on any atom is 0.191 e. The number of piperazine rings is 1. The second-order valence-corrected chi connectivity index (χ2v) is 7.28. The molecule has 0 saturated carbocycles. The van der Waals surface area contributed by atoms with Crippen LogP contribution in [0.3, 0.4) is 0 Å². The Morgan fingerprint density at radius 3 is 2.69 bits per heavy atom. The van der Waals surface area contributed by atoms with Gasteiger partial charge in [0.2, 0.25) is 0 Å². The van der Waals surface area contributed by atoms with Crippen LogP contribution < -0.4 is 15.5 Å². The molecule has 0 amide bonds. The molecule has 3 rings (SSSR count). The van der Waals surface area contributed by atoms with E-state index in [0.29, 0.717) is 25.1 Å². The van der Waals surface area contributed by atoms with Crippen molar-refractivity contribution in [1.29, 1.82) is 0 Å². The van der Waals surface area contributed by atoms with E-state index in [1.165, 1.54) is 6.07 Å². The van der Waals surface area contributed by atoms with Crippen molar-refractivity contribution in [3.05, 3.63) is 59.5 Å². The van der Waals surface area contributed by atoms with Crippen LogP contribution in [0.1, 0.15) is 18.1 Å². The van der Waals surface area contributed by atoms with Crippen LogP contribution in [-0.4, -0.2) is 62.2 Å². The minimum Gasteiger partial charge on any atom is -0.357 e. The fraction of sp³-hybridized carbons (Fsp3) is 0.455. The van der Waals surface area contributed by atoms with Crippen LogP contribution in [0.15, 0.2) is 47.6 Å². The first kappa shape index (κ1) is 21.0. The number of likely N-dealkylation sites (N-methyl/N-ethyl adjacent to an activating group) is 1. The van der Waals surface area contributed by atoms with Crippen LogP contribution in [-0.2, 0) is 13.0 Å². The number of hydrogen-bond donors (Lipinski definition) is 2. The van der Waals surface area contributed by atoms with Gasteiger partial charge in [0.05, 0.1) is 6.54 Å². The van der Waals surface area contributed by atoms with E-state index in [2.05, 4.69) is 43.5 Å². The molecule has 1 aromatic heterocycles. The molecule has 1 saturated heterocycles. The summed E-state index contributed by atoms with van der Waals surface area (Å²) in [6.45, 7) is 8.10. The Labute approximate surface area is 172 Å². The molecule has 7 heteroatoms. The molecule has 2 N–H and O–H groups in total. The Hall–Kier alpha value is -2.67. The van der Waals surface area contributed by atoms with Crippen LogP contribution in [0, 0.1) is 5.82 Å². The molecule has 0 unspecified atom stereocenters. The van der Waals surface area contributed by atoms with E-state index in [1.54, 1.807) is 6.07 Å². The number of pyridine rings is 1. The summed E-state index contributed by atoms with van der Waals surface area (Å²) in [6, 6.07) is 11.0. The molecule has 1 aromatic carbocycles. The van der Waals surface area contributed by atoms with Crippen LogP contribution in [0.4, 0.5) is 10.2 Å². The van der Waals surface area contributed by atoms with Crippen LogP contribution in [0.25, 0.3) is 0 Å². The molecule has 6 nitrogen and oxygen atoms in total. The smallest absolute Gasteiger partial charge is 0.191 e. The topological polar surface area (TPSA) is 55.8 Å². The highest BCUT2D eigenvalue weighted by molar-refractivity contribution is 5.79. The van der Waals surface area contributed by atoms with Crippen molar-refractivity contribution in [3.8, 4) is 0 Å². The lowest BCUT2D eigenvalue weighted by molar-refractivity contribution is 0.312. The molecule has 0 aliphatic carbocycles. The first-order valence-corrected chi connectivity index (χ1v) is 10.3. The van der Waals surface area contributed by atoms with Crippen molar-refractivity contribution >= 4 is 11.8 Å². The summed E-state index contributed by atoms with van der Waals surface area (Å²) in [5.41, 5.74) is 1.84. The number of nitrogens with zero attached hydrogens (tertiary/aromatic N) is 4. The fourth-order valence-corrected chi connectivity index (χ4v) is 3.30. The lowest BCUT2D eigenvalue weighted by Crippen LogP contribution is -2.44. The molecule has 2 heterocycles. The van der Waals surface area contributed by atoms with Crippen molar-refractivity contribution in [1.82, 2.24) is 20.5 Å². The highest BCUT2D eigenvalue weighted by atomic mass is 19.1. The number of halogens is 1. The third kappa shape index (κ3) is 6.42. The standard InChI is InChI=1S/C22H31FN6/c1-3-24-22(26-11-9-19-6-4-5-7-20(19)23)27-17-18-8-10-25-21(16-18)29-14-12-28(2)13-15-29/h4-8,10,16H,3,9,11-15,17H2,1-2H3,(H2,24,26,27). The zero-order valence-electron chi connectivity index (χ0n) is 17.4. The molecule has 1 fully saturated rings. The largest absolute Gasteiger partial charge is 0.357 e. The number of guanidine groups is 1. The van der Waals surface area contributed by atoms with Crippen LogP contribution >= 0.6 is 0 Å².